The van der Waals surface area contributed by atoms with E-state index in [4.69, 9.17) is 9.26 Å². The summed E-state index contributed by atoms with van der Waals surface area (Å²) < 4.78 is 27.5. The van der Waals surface area contributed by atoms with Crippen LogP contribution in [-0.2, 0) is 9.26 Å². The molecule has 2 aromatic rings. The molecule has 0 spiro atoms. The van der Waals surface area contributed by atoms with Crippen molar-refractivity contribution < 1.29 is 18.4 Å². The van der Waals surface area contributed by atoms with Gasteiger partial charge in [0.1, 0.15) is 11.9 Å². The largest absolute Gasteiger partial charge is 0.351 e. The van der Waals surface area contributed by atoms with E-state index in [-0.39, 0.29) is 11.7 Å². The van der Waals surface area contributed by atoms with Crippen LogP contribution in [0.5, 0.6) is 0 Å². The summed E-state index contributed by atoms with van der Waals surface area (Å²) in [6.45, 7) is 5.66. The lowest BCUT2D eigenvalue weighted by Gasteiger charge is -2.20. The van der Waals surface area contributed by atoms with E-state index in [0.29, 0.717) is 12.0 Å². The van der Waals surface area contributed by atoms with Gasteiger partial charge in [-0.25, -0.2) is 9.18 Å². The van der Waals surface area contributed by atoms with Crippen molar-refractivity contribution in [3.8, 4) is 0 Å². The number of nitrogens with one attached hydrogen (secondary N) is 1. The molecule has 1 N–H and O–H groups in total. The van der Waals surface area contributed by atoms with E-state index in [1.54, 1.807) is 30.3 Å². The molecule has 9 heteroatoms. The predicted octanol–water partition coefficient (Wildman–Crippen LogP) is 3.18. The third-order valence-electron chi connectivity index (χ3n) is 4.38. The number of benzene rings is 1. The number of hydrogen-bond acceptors (Lipinski definition) is 5. The Morgan fingerprint density at radius 2 is 2.04 bits per heavy atom. The van der Waals surface area contributed by atoms with Crippen molar-refractivity contribution in [3.05, 3.63) is 58.6 Å². The van der Waals surface area contributed by atoms with Crippen LogP contribution in [0.25, 0.3) is 0 Å². The molecule has 1 fully saturated rings. The molecule has 150 valence electrons. The second kappa shape index (κ2) is 8.90. The fraction of sp³-hybridized carbons (Fsp3) is 0.421. The lowest BCUT2D eigenvalue weighted by molar-refractivity contribution is -0.0260. The van der Waals surface area contributed by atoms with Crippen molar-refractivity contribution in [3.63, 3.8) is 0 Å². The maximum Gasteiger partial charge on any atom is 0.351 e. The molecular weight excluding hydrogens is 384 g/mol. The van der Waals surface area contributed by atoms with Crippen molar-refractivity contribution >= 4 is 19.9 Å². The topological polar surface area (TPSA) is 82.5 Å². The second-order valence-corrected chi connectivity index (χ2v) is 8.46. The van der Waals surface area contributed by atoms with Gasteiger partial charge in [-0.05, 0) is 37.9 Å². The number of halogens is 1. The van der Waals surface area contributed by atoms with Crippen LogP contribution < -0.4 is 11.0 Å². The van der Waals surface area contributed by atoms with Gasteiger partial charge in [-0.1, -0.05) is 25.1 Å². The first-order chi connectivity index (χ1) is 13.4. The second-order valence-electron chi connectivity index (χ2n) is 6.62. The van der Waals surface area contributed by atoms with Crippen molar-refractivity contribution in [2.45, 2.75) is 38.0 Å². The normalized spacial score (nSPS) is 24.5. The van der Waals surface area contributed by atoms with Gasteiger partial charge in [-0.2, -0.15) is 4.98 Å². The van der Waals surface area contributed by atoms with Gasteiger partial charge in [0.05, 0.1) is 6.10 Å². The number of anilines is 1. The van der Waals surface area contributed by atoms with Crippen molar-refractivity contribution in [2.24, 2.45) is 0 Å². The van der Waals surface area contributed by atoms with Gasteiger partial charge >= 0.3 is 5.69 Å². The van der Waals surface area contributed by atoms with Crippen molar-refractivity contribution in [2.75, 3.05) is 18.6 Å². The molecule has 1 aliphatic heterocycles. The summed E-state index contributed by atoms with van der Waals surface area (Å²) in [5.74, 6) is -0.293. The minimum absolute atomic E-state index is 0.0917. The molecule has 3 rings (SSSR count). The summed E-state index contributed by atoms with van der Waals surface area (Å²) in [6, 6.07) is 10.0. The van der Waals surface area contributed by atoms with Crippen LogP contribution in [-0.4, -0.2) is 47.2 Å². The first-order valence-electron chi connectivity index (χ1n) is 9.00. The van der Waals surface area contributed by atoms with Crippen LogP contribution >= 0.6 is 8.15 Å². The van der Waals surface area contributed by atoms with Gasteiger partial charge in [0.15, 0.2) is 12.4 Å². The number of aromatic nitrogens is 2. The van der Waals surface area contributed by atoms with E-state index in [1.165, 1.54) is 12.3 Å². The Balaban J connectivity index is 1.77. The lowest BCUT2D eigenvalue weighted by atomic mass is 10.1. The Hall–Kier alpha value is -2.15. The molecule has 28 heavy (non-hydrogen) atoms. The molecule has 1 aromatic carbocycles. The van der Waals surface area contributed by atoms with Crippen LogP contribution in [0, 0.1) is 0 Å². The summed E-state index contributed by atoms with van der Waals surface area (Å²) >= 11 is 0. The molecule has 2 heterocycles. The zero-order valence-corrected chi connectivity index (χ0v) is 16.8. The summed E-state index contributed by atoms with van der Waals surface area (Å²) in [7, 11) is -0.774. The molecule has 1 saturated heterocycles. The maximum absolute atomic E-state index is 15.0. The van der Waals surface area contributed by atoms with E-state index < -0.39 is 38.4 Å². The van der Waals surface area contributed by atoms with Crippen LogP contribution in [0.4, 0.5) is 10.2 Å². The standard InChI is InChI=1S/C19H23FN3O4P/c1-4-13-16(27-28(2)3)15(20)18(26-13)23-11-10-14(22-19(23)25)21-17(24)12-8-6-5-7-9-12/h5-11,13,15-16,18H,4H2,1-3H3,(H,21,22,24,25)/t13-,15?,16+,18-/m1/s1. The zero-order chi connectivity index (χ0) is 20.3. The van der Waals surface area contributed by atoms with Crippen molar-refractivity contribution in [1.29, 1.82) is 0 Å². The highest BCUT2D eigenvalue weighted by atomic mass is 31.1. The Kier molecular flexibility index (Phi) is 6.54. The van der Waals surface area contributed by atoms with E-state index in [0.717, 1.165) is 4.57 Å². The molecule has 1 aliphatic rings. The van der Waals surface area contributed by atoms with E-state index >= 15 is 0 Å². The Morgan fingerprint density at radius 3 is 2.64 bits per heavy atom. The van der Waals surface area contributed by atoms with Gasteiger partial charge in [0, 0.05) is 19.9 Å². The quantitative estimate of drug-likeness (QED) is 0.744. The number of rotatable bonds is 6. The third kappa shape index (κ3) is 4.46. The average molecular weight is 407 g/mol. The first kappa shape index (κ1) is 20.6. The third-order valence-corrected chi connectivity index (χ3v) is 5.05. The fourth-order valence-corrected chi connectivity index (χ4v) is 3.81. The number of carbonyl (C=O) groups is 1. The van der Waals surface area contributed by atoms with Gasteiger partial charge in [0.25, 0.3) is 5.91 Å². The smallest absolute Gasteiger partial charge is 0.351 e. The summed E-state index contributed by atoms with van der Waals surface area (Å²) in [5.41, 5.74) is -0.262. The van der Waals surface area contributed by atoms with Gasteiger partial charge in [-0.3, -0.25) is 9.36 Å². The predicted molar refractivity (Wildman–Crippen MR) is 106 cm³/mol. The molecule has 0 radical (unpaired) electrons. The molecule has 0 bridgehead atoms. The molecule has 1 amide bonds. The number of carbonyl (C=O) groups excluding carboxylic acids is 1. The molecule has 7 nitrogen and oxygen atoms in total. The number of ether oxygens (including phenoxy) is 1. The number of amides is 1. The molecular formula is C19H23FN3O4P. The highest BCUT2D eigenvalue weighted by Gasteiger charge is 2.47. The Labute approximate surface area is 163 Å². The van der Waals surface area contributed by atoms with Crippen LogP contribution in [0.3, 0.4) is 0 Å². The van der Waals surface area contributed by atoms with Gasteiger partial charge < -0.3 is 14.6 Å². The lowest BCUT2D eigenvalue weighted by Crippen LogP contribution is -2.34. The number of alkyl halides is 1. The fourth-order valence-electron chi connectivity index (χ4n) is 3.07. The van der Waals surface area contributed by atoms with E-state index in [9.17, 15) is 14.0 Å². The molecule has 1 aromatic heterocycles. The van der Waals surface area contributed by atoms with Crippen LogP contribution in [0.2, 0.25) is 0 Å². The minimum Gasteiger partial charge on any atom is -0.351 e. The Bertz CT molecular complexity index is 877. The highest BCUT2D eigenvalue weighted by molar-refractivity contribution is 7.50. The number of nitrogens with zero attached hydrogens (tertiary/aromatic N) is 2. The Morgan fingerprint density at radius 1 is 1.32 bits per heavy atom. The molecule has 0 saturated carbocycles. The van der Waals surface area contributed by atoms with Crippen LogP contribution in [0.15, 0.2) is 47.4 Å². The summed E-state index contributed by atoms with van der Waals surface area (Å²) in [5, 5.41) is 2.56. The average Bonchev–Trinajstić information content (AvgIpc) is 2.98. The summed E-state index contributed by atoms with van der Waals surface area (Å²) in [6.07, 6.45) is -1.81. The van der Waals surface area contributed by atoms with Gasteiger partial charge in [0.2, 0.25) is 0 Å². The molecule has 4 atom stereocenters. The zero-order valence-electron chi connectivity index (χ0n) is 15.9. The van der Waals surface area contributed by atoms with Crippen LogP contribution in [0.1, 0.15) is 29.9 Å². The van der Waals surface area contributed by atoms with Crippen molar-refractivity contribution in [1.82, 2.24) is 9.55 Å². The number of hydrogen-bond donors (Lipinski definition) is 1. The van der Waals surface area contributed by atoms with Gasteiger partial charge in [-0.15, -0.1) is 0 Å². The first-order valence-corrected chi connectivity index (χ1v) is 11.1. The van der Waals surface area contributed by atoms with E-state index in [1.807, 2.05) is 20.3 Å². The SMILES string of the molecule is CC[C@H]1O[C@@H](n2ccc(NC(=O)c3ccccc3)nc2=O)C(F)[C@H]1OP(C)C. The van der Waals surface area contributed by atoms with E-state index in [2.05, 4.69) is 10.3 Å². The monoisotopic (exact) mass is 407 g/mol. The highest BCUT2D eigenvalue weighted by Crippen LogP contribution is 2.41. The maximum atomic E-state index is 15.0. The minimum atomic E-state index is -1.49. The molecule has 1 unspecified atom stereocenters. The summed E-state index contributed by atoms with van der Waals surface area (Å²) in [4.78, 5) is 28.5. The molecule has 0 aliphatic carbocycles.